The summed E-state index contributed by atoms with van der Waals surface area (Å²) in [6.07, 6.45) is 10.2. The van der Waals surface area contributed by atoms with Crippen LogP contribution in [0.15, 0.2) is 25.3 Å². The Balaban J connectivity index is 3.43. The van der Waals surface area contributed by atoms with Crippen molar-refractivity contribution < 1.29 is 0 Å². The van der Waals surface area contributed by atoms with Crippen LogP contribution < -0.4 is 5.32 Å². The van der Waals surface area contributed by atoms with Crippen molar-refractivity contribution in [3.8, 4) is 0 Å². The topological polar surface area (TPSA) is 12.0 Å². The number of hydrogen-bond donors (Lipinski definition) is 1. The molecule has 1 nitrogen and oxygen atoms in total. The summed E-state index contributed by atoms with van der Waals surface area (Å²) in [5.74, 6) is 0.770. The fourth-order valence-electron chi connectivity index (χ4n) is 1.54. The summed E-state index contributed by atoms with van der Waals surface area (Å²) in [4.78, 5) is 0. The Morgan fingerprint density at radius 2 is 1.77 bits per heavy atom. The molecule has 76 valence electrons. The van der Waals surface area contributed by atoms with E-state index in [1.807, 2.05) is 19.2 Å². The Morgan fingerprint density at radius 1 is 1.15 bits per heavy atom. The third-order valence-electron chi connectivity index (χ3n) is 2.29. The van der Waals surface area contributed by atoms with Crippen LogP contribution in [0.3, 0.4) is 0 Å². The average Bonchev–Trinajstić information content (AvgIpc) is 2.13. The van der Waals surface area contributed by atoms with Crippen molar-refractivity contribution in [1.82, 2.24) is 5.32 Å². The average molecular weight is 181 g/mol. The van der Waals surface area contributed by atoms with E-state index in [9.17, 15) is 0 Å². The lowest BCUT2D eigenvalue weighted by Crippen LogP contribution is -2.08. The molecule has 1 N–H and O–H groups in total. The van der Waals surface area contributed by atoms with Gasteiger partial charge in [-0.1, -0.05) is 18.6 Å². The van der Waals surface area contributed by atoms with Crippen LogP contribution in [0.2, 0.25) is 0 Å². The van der Waals surface area contributed by atoms with Crippen LogP contribution >= 0.6 is 0 Å². The molecule has 0 aliphatic rings. The SMILES string of the molecule is C=CCC(CC=C)CCCCNC. The highest BCUT2D eigenvalue weighted by Crippen LogP contribution is 2.17. The monoisotopic (exact) mass is 181 g/mol. The van der Waals surface area contributed by atoms with E-state index in [1.165, 1.54) is 19.3 Å². The van der Waals surface area contributed by atoms with Crippen LogP contribution in [0, 0.1) is 5.92 Å². The van der Waals surface area contributed by atoms with Crippen molar-refractivity contribution in [1.29, 1.82) is 0 Å². The Labute approximate surface area is 82.9 Å². The number of allylic oxidation sites excluding steroid dienone is 2. The molecule has 0 spiro atoms. The maximum absolute atomic E-state index is 3.78. The highest BCUT2D eigenvalue weighted by molar-refractivity contribution is 4.79. The summed E-state index contributed by atoms with van der Waals surface area (Å²) in [7, 11) is 2.00. The molecule has 0 fully saturated rings. The molecule has 0 heterocycles. The van der Waals surface area contributed by atoms with Gasteiger partial charge < -0.3 is 5.32 Å². The van der Waals surface area contributed by atoms with Crippen molar-refractivity contribution in [3.05, 3.63) is 25.3 Å². The zero-order valence-corrected chi connectivity index (χ0v) is 8.89. The minimum Gasteiger partial charge on any atom is -0.320 e. The second kappa shape index (κ2) is 9.53. The maximum atomic E-state index is 3.78. The smallest absolute Gasteiger partial charge is 0.00519 e. The van der Waals surface area contributed by atoms with E-state index in [1.54, 1.807) is 0 Å². The molecule has 0 aliphatic carbocycles. The van der Waals surface area contributed by atoms with Gasteiger partial charge in [0.05, 0.1) is 0 Å². The molecule has 0 saturated heterocycles. The van der Waals surface area contributed by atoms with Gasteiger partial charge in [0.25, 0.3) is 0 Å². The van der Waals surface area contributed by atoms with Crippen LogP contribution in [0.4, 0.5) is 0 Å². The number of nitrogens with one attached hydrogen (secondary N) is 1. The highest BCUT2D eigenvalue weighted by atomic mass is 14.8. The molecule has 0 bridgehead atoms. The molecule has 0 saturated carbocycles. The van der Waals surface area contributed by atoms with Gasteiger partial charge in [-0.3, -0.25) is 0 Å². The summed E-state index contributed by atoms with van der Waals surface area (Å²) < 4.78 is 0. The van der Waals surface area contributed by atoms with Crippen LogP contribution in [-0.4, -0.2) is 13.6 Å². The van der Waals surface area contributed by atoms with E-state index in [2.05, 4.69) is 18.5 Å². The lowest BCUT2D eigenvalue weighted by atomic mass is 9.95. The van der Waals surface area contributed by atoms with Crippen molar-refractivity contribution in [2.24, 2.45) is 5.92 Å². The molecule has 0 aromatic rings. The molecule has 0 unspecified atom stereocenters. The first-order valence-electron chi connectivity index (χ1n) is 5.21. The third kappa shape index (κ3) is 7.79. The standard InChI is InChI=1S/C12H23N/c1-4-8-12(9-5-2)10-6-7-11-13-3/h4-5,12-13H,1-2,6-11H2,3H3. The summed E-state index contributed by atoms with van der Waals surface area (Å²) in [6.45, 7) is 8.69. The largest absolute Gasteiger partial charge is 0.320 e. The van der Waals surface area contributed by atoms with E-state index in [0.717, 1.165) is 25.3 Å². The molecule has 0 atom stereocenters. The molecular formula is C12H23N. The maximum Gasteiger partial charge on any atom is -0.00519 e. The van der Waals surface area contributed by atoms with Crippen molar-refractivity contribution in [2.45, 2.75) is 32.1 Å². The fraction of sp³-hybridized carbons (Fsp3) is 0.667. The summed E-state index contributed by atoms with van der Waals surface area (Å²) in [5.41, 5.74) is 0. The minimum absolute atomic E-state index is 0.770. The Kier molecular flexibility index (Phi) is 9.12. The summed E-state index contributed by atoms with van der Waals surface area (Å²) in [6, 6.07) is 0. The first-order valence-corrected chi connectivity index (χ1v) is 5.21. The molecule has 0 amide bonds. The molecular weight excluding hydrogens is 158 g/mol. The first kappa shape index (κ1) is 12.4. The zero-order valence-electron chi connectivity index (χ0n) is 8.89. The predicted molar refractivity (Wildman–Crippen MR) is 60.9 cm³/mol. The molecule has 0 radical (unpaired) electrons. The minimum atomic E-state index is 0.770. The number of hydrogen-bond acceptors (Lipinski definition) is 1. The van der Waals surface area contributed by atoms with Crippen LogP contribution in [0.25, 0.3) is 0 Å². The third-order valence-corrected chi connectivity index (χ3v) is 2.29. The Bertz CT molecular complexity index is 119. The van der Waals surface area contributed by atoms with Gasteiger partial charge in [0.2, 0.25) is 0 Å². The Hall–Kier alpha value is -0.560. The van der Waals surface area contributed by atoms with Gasteiger partial charge >= 0.3 is 0 Å². The van der Waals surface area contributed by atoms with E-state index < -0.39 is 0 Å². The van der Waals surface area contributed by atoms with Gasteiger partial charge in [-0.15, -0.1) is 13.2 Å². The van der Waals surface area contributed by atoms with Gasteiger partial charge in [0.1, 0.15) is 0 Å². The van der Waals surface area contributed by atoms with Crippen molar-refractivity contribution >= 4 is 0 Å². The van der Waals surface area contributed by atoms with Gasteiger partial charge in [0.15, 0.2) is 0 Å². The van der Waals surface area contributed by atoms with Crippen LogP contribution in [-0.2, 0) is 0 Å². The molecule has 0 rings (SSSR count). The van der Waals surface area contributed by atoms with Gasteiger partial charge in [-0.2, -0.15) is 0 Å². The van der Waals surface area contributed by atoms with Gasteiger partial charge in [0, 0.05) is 0 Å². The molecule has 13 heavy (non-hydrogen) atoms. The number of unbranched alkanes of at least 4 members (excludes halogenated alkanes) is 1. The van der Waals surface area contributed by atoms with Gasteiger partial charge in [-0.05, 0) is 45.2 Å². The molecule has 0 aromatic carbocycles. The van der Waals surface area contributed by atoms with Crippen LogP contribution in [0.1, 0.15) is 32.1 Å². The lowest BCUT2D eigenvalue weighted by molar-refractivity contribution is 0.466. The summed E-state index contributed by atoms with van der Waals surface area (Å²) in [5, 5.41) is 3.17. The Morgan fingerprint density at radius 3 is 2.23 bits per heavy atom. The number of rotatable bonds is 9. The van der Waals surface area contributed by atoms with Crippen LogP contribution in [0.5, 0.6) is 0 Å². The predicted octanol–water partition coefficient (Wildman–Crippen LogP) is 3.14. The van der Waals surface area contributed by atoms with E-state index in [0.29, 0.717) is 0 Å². The molecule has 0 aliphatic heterocycles. The zero-order chi connectivity index (χ0) is 9.94. The lowest BCUT2D eigenvalue weighted by Gasteiger charge is -2.11. The second-order valence-electron chi connectivity index (χ2n) is 3.51. The summed E-state index contributed by atoms with van der Waals surface area (Å²) >= 11 is 0. The van der Waals surface area contributed by atoms with E-state index in [4.69, 9.17) is 0 Å². The molecule has 1 heteroatoms. The highest BCUT2D eigenvalue weighted by Gasteiger charge is 2.03. The van der Waals surface area contributed by atoms with Crippen molar-refractivity contribution in [3.63, 3.8) is 0 Å². The van der Waals surface area contributed by atoms with Gasteiger partial charge in [-0.25, -0.2) is 0 Å². The quantitative estimate of drug-likeness (QED) is 0.425. The normalized spacial score (nSPS) is 10.3. The molecule has 0 aromatic heterocycles. The van der Waals surface area contributed by atoms with E-state index >= 15 is 0 Å². The van der Waals surface area contributed by atoms with Crippen molar-refractivity contribution in [2.75, 3.05) is 13.6 Å². The first-order chi connectivity index (χ1) is 6.35. The second-order valence-corrected chi connectivity index (χ2v) is 3.51. The fourth-order valence-corrected chi connectivity index (χ4v) is 1.54. The van der Waals surface area contributed by atoms with E-state index in [-0.39, 0.29) is 0 Å².